The lowest BCUT2D eigenvalue weighted by Gasteiger charge is -2.23. The fourth-order valence-corrected chi connectivity index (χ4v) is 2.09. The van der Waals surface area contributed by atoms with Crippen molar-refractivity contribution >= 4 is 22.8 Å². The molecule has 2 aromatic heterocycles. The molecule has 2 heterocycles. The maximum Gasteiger partial charge on any atom is 0.226 e. The number of unbranched alkanes of at least 4 members (excludes halogenated alkanes) is 1. The Kier molecular flexibility index (Phi) is 5.11. The lowest BCUT2D eigenvalue weighted by Crippen LogP contribution is -2.29. The van der Waals surface area contributed by atoms with Gasteiger partial charge in [0.1, 0.15) is 5.82 Å². The molecule has 0 aliphatic heterocycles. The minimum Gasteiger partial charge on any atom is -0.395 e. The molecular formula is C13H22N6O. The van der Waals surface area contributed by atoms with Crippen LogP contribution < -0.4 is 10.2 Å². The maximum atomic E-state index is 9.27. The van der Waals surface area contributed by atoms with E-state index in [1.165, 1.54) is 0 Å². The second-order valence-electron chi connectivity index (χ2n) is 4.60. The van der Waals surface area contributed by atoms with Crippen LogP contribution in [0.25, 0.3) is 11.0 Å². The van der Waals surface area contributed by atoms with Crippen LogP contribution in [-0.4, -0.2) is 51.5 Å². The van der Waals surface area contributed by atoms with Gasteiger partial charge in [-0.3, -0.25) is 5.10 Å². The third kappa shape index (κ3) is 3.16. The second kappa shape index (κ2) is 7.04. The van der Waals surface area contributed by atoms with Gasteiger partial charge in [0.25, 0.3) is 0 Å². The van der Waals surface area contributed by atoms with Gasteiger partial charge in [0.15, 0.2) is 5.65 Å². The van der Waals surface area contributed by atoms with Gasteiger partial charge in [-0.2, -0.15) is 15.1 Å². The summed E-state index contributed by atoms with van der Waals surface area (Å²) in [5, 5.41) is 20.2. The fourth-order valence-electron chi connectivity index (χ4n) is 2.09. The molecule has 0 radical (unpaired) electrons. The van der Waals surface area contributed by atoms with Gasteiger partial charge in [-0.15, -0.1) is 0 Å². The zero-order valence-electron chi connectivity index (χ0n) is 12.1. The van der Waals surface area contributed by atoms with Crippen LogP contribution in [0.4, 0.5) is 11.8 Å². The lowest BCUT2D eigenvalue weighted by molar-refractivity contribution is 0.301. The Labute approximate surface area is 118 Å². The summed E-state index contributed by atoms with van der Waals surface area (Å²) in [6.45, 7) is 6.43. The highest BCUT2D eigenvalue weighted by atomic mass is 16.3. The van der Waals surface area contributed by atoms with E-state index in [9.17, 15) is 5.11 Å². The monoisotopic (exact) mass is 278 g/mol. The molecule has 0 aliphatic rings. The highest BCUT2D eigenvalue weighted by molar-refractivity contribution is 5.87. The average molecular weight is 278 g/mol. The quantitative estimate of drug-likeness (QED) is 0.676. The summed E-state index contributed by atoms with van der Waals surface area (Å²) in [7, 11) is 0. The normalized spacial score (nSPS) is 10.9. The minimum atomic E-state index is 0.101. The lowest BCUT2D eigenvalue weighted by atomic mass is 10.3. The standard InChI is InChI=1S/C13H22N6O/c1-3-5-6-19(7-8-20)12-10-9-15-18-11(10)16-13(17-12)14-4-2/h9,20H,3-8H2,1-2H3,(H2,14,15,16,17,18). The summed E-state index contributed by atoms with van der Waals surface area (Å²) in [4.78, 5) is 11.0. The number of anilines is 2. The van der Waals surface area contributed by atoms with Crippen molar-refractivity contribution in [2.24, 2.45) is 0 Å². The highest BCUT2D eigenvalue weighted by Gasteiger charge is 2.15. The molecule has 0 saturated carbocycles. The molecule has 110 valence electrons. The molecule has 2 rings (SSSR count). The third-order valence-electron chi connectivity index (χ3n) is 3.08. The number of fused-ring (bicyclic) bond motifs is 1. The predicted molar refractivity (Wildman–Crippen MR) is 80.1 cm³/mol. The van der Waals surface area contributed by atoms with Gasteiger partial charge in [-0.25, -0.2) is 0 Å². The van der Waals surface area contributed by atoms with Gasteiger partial charge < -0.3 is 15.3 Å². The first-order valence-electron chi connectivity index (χ1n) is 7.10. The van der Waals surface area contributed by atoms with Gasteiger partial charge >= 0.3 is 0 Å². The Bertz CT molecular complexity index is 541. The van der Waals surface area contributed by atoms with Crippen LogP contribution in [-0.2, 0) is 0 Å². The Morgan fingerprint density at radius 1 is 1.30 bits per heavy atom. The molecule has 0 aliphatic carbocycles. The zero-order valence-corrected chi connectivity index (χ0v) is 12.1. The number of aliphatic hydroxyl groups excluding tert-OH is 1. The van der Waals surface area contributed by atoms with E-state index in [1.54, 1.807) is 6.20 Å². The number of H-pyrrole nitrogens is 1. The molecule has 2 aromatic rings. The fraction of sp³-hybridized carbons (Fsp3) is 0.615. The van der Waals surface area contributed by atoms with E-state index in [0.717, 1.165) is 37.1 Å². The largest absolute Gasteiger partial charge is 0.395 e. The maximum absolute atomic E-state index is 9.27. The predicted octanol–water partition coefficient (Wildman–Crippen LogP) is 1.38. The first-order chi connectivity index (χ1) is 9.80. The number of aliphatic hydroxyl groups is 1. The third-order valence-corrected chi connectivity index (χ3v) is 3.08. The topological polar surface area (TPSA) is 90.0 Å². The van der Waals surface area contributed by atoms with E-state index >= 15 is 0 Å². The van der Waals surface area contributed by atoms with Crippen molar-refractivity contribution in [1.82, 2.24) is 20.2 Å². The minimum absolute atomic E-state index is 0.101. The van der Waals surface area contributed by atoms with Gasteiger partial charge in [0.2, 0.25) is 5.95 Å². The highest BCUT2D eigenvalue weighted by Crippen LogP contribution is 2.24. The number of aromatic nitrogens is 4. The summed E-state index contributed by atoms with van der Waals surface area (Å²) in [5.74, 6) is 1.40. The summed E-state index contributed by atoms with van der Waals surface area (Å²) in [5.41, 5.74) is 0.713. The number of nitrogens with one attached hydrogen (secondary N) is 2. The number of rotatable bonds is 8. The van der Waals surface area contributed by atoms with Crippen molar-refractivity contribution < 1.29 is 5.11 Å². The summed E-state index contributed by atoms with van der Waals surface area (Å²) >= 11 is 0. The van der Waals surface area contributed by atoms with E-state index in [2.05, 4.69) is 37.3 Å². The van der Waals surface area contributed by atoms with E-state index in [4.69, 9.17) is 0 Å². The first kappa shape index (κ1) is 14.5. The Balaban J connectivity index is 2.39. The molecule has 0 aromatic carbocycles. The summed E-state index contributed by atoms with van der Waals surface area (Å²) in [6.07, 6.45) is 3.89. The van der Waals surface area contributed by atoms with Gasteiger partial charge in [-0.05, 0) is 13.3 Å². The van der Waals surface area contributed by atoms with Crippen LogP contribution in [0.2, 0.25) is 0 Å². The number of aromatic amines is 1. The smallest absolute Gasteiger partial charge is 0.226 e. The van der Waals surface area contributed by atoms with Crippen LogP contribution in [0.3, 0.4) is 0 Å². The van der Waals surface area contributed by atoms with Crippen LogP contribution in [0.1, 0.15) is 26.7 Å². The van der Waals surface area contributed by atoms with Crippen LogP contribution >= 0.6 is 0 Å². The van der Waals surface area contributed by atoms with Gasteiger partial charge in [0.05, 0.1) is 18.2 Å². The van der Waals surface area contributed by atoms with Crippen LogP contribution in [0.15, 0.2) is 6.20 Å². The van der Waals surface area contributed by atoms with Crippen LogP contribution in [0, 0.1) is 0 Å². The molecular weight excluding hydrogens is 256 g/mol. The van der Waals surface area contributed by atoms with Crippen molar-refractivity contribution in [1.29, 1.82) is 0 Å². The van der Waals surface area contributed by atoms with E-state index < -0.39 is 0 Å². The zero-order chi connectivity index (χ0) is 14.4. The summed E-state index contributed by atoms with van der Waals surface area (Å²) in [6, 6.07) is 0. The van der Waals surface area contributed by atoms with Crippen molar-refractivity contribution in [3.63, 3.8) is 0 Å². The molecule has 7 nitrogen and oxygen atoms in total. The molecule has 0 atom stereocenters. The number of hydrogen-bond acceptors (Lipinski definition) is 6. The molecule has 0 amide bonds. The second-order valence-corrected chi connectivity index (χ2v) is 4.60. The van der Waals surface area contributed by atoms with Gasteiger partial charge in [-0.1, -0.05) is 13.3 Å². The molecule has 0 spiro atoms. The van der Waals surface area contributed by atoms with Crippen molar-refractivity contribution in [2.75, 3.05) is 36.5 Å². The van der Waals surface area contributed by atoms with Crippen molar-refractivity contribution in [3.8, 4) is 0 Å². The van der Waals surface area contributed by atoms with E-state index in [1.807, 2.05) is 6.92 Å². The molecule has 0 saturated heterocycles. The molecule has 7 heteroatoms. The number of hydrogen-bond donors (Lipinski definition) is 3. The first-order valence-corrected chi connectivity index (χ1v) is 7.10. The molecule has 0 unspecified atom stereocenters. The Morgan fingerprint density at radius 2 is 2.15 bits per heavy atom. The SMILES string of the molecule is CCCCN(CCO)c1nc(NCC)nc2[nH]ncc12. The average Bonchev–Trinajstić information content (AvgIpc) is 2.91. The van der Waals surface area contributed by atoms with Gasteiger partial charge in [0, 0.05) is 19.6 Å². The molecule has 0 fully saturated rings. The number of nitrogens with zero attached hydrogens (tertiary/aromatic N) is 4. The Morgan fingerprint density at radius 3 is 2.85 bits per heavy atom. The van der Waals surface area contributed by atoms with Crippen molar-refractivity contribution in [3.05, 3.63) is 6.20 Å². The molecule has 0 bridgehead atoms. The van der Waals surface area contributed by atoms with Crippen LogP contribution in [0.5, 0.6) is 0 Å². The van der Waals surface area contributed by atoms with E-state index in [-0.39, 0.29) is 6.61 Å². The Hall–Kier alpha value is -1.89. The molecule has 20 heavy (non-hydrogen) atoms. The van der Waals surface area contributed by atoms with Crippen molar-refractivity contribution in [2.45, 2.75) is 26.7 Å². The summed E-state index contributed by atoms with van der Waals surface area (Å²) < 4.78 is 0. The van der Waals surface area contributed by atoms with E-state index in [0.29, 0.717) is 18.1 Å². The molecule has 3 N–H and O–H groups in total.